The van der Waals surface area contributed by atoms with Gasteiger partial charge in [-0.25, -0.2) is 9.18 Å². The van der Waals surface area contributed by atoms with Crippen LogP contribution in [0.5, 0.6) is 0 Å². The number of fused-ring (bicyclic) bond motifs is 1. The lowest BCUT2D eigenvalue weighted by Crippen LogP contribution is -2.08. The van der Waals surface area contributed by atoms with Crippen molar-refractivity contribution in [2.75, 3.05) is 0 Å². The predicted molar refractivity (Wildman–Crippen MR) is 48.6 cm³/mol. The van der Waals surface area contributed by atoms with Gasteiger partial charge in [0.1, 0.15) is 5.82 Å². The van der Waals surface area contributed by atoms with Crippen molar-refractivity contribution in [3.8, 4) is 0 Å². The zero-order valence-corrected chi connectivity index (χ0v) is 7.46. The Balaban J connectivity index is 2.57. The Morgan fingerprint density at radius 3 is 2.93 bits per heavy atom. The van der Waals surface area contributed by atoms with Gasteiger partial charge in [-0.3, -0.25) is 0 Å². The van der Waals surface area contributed by atoms with Crippen LogP contribution in [0.4, 0.5) is 4.39 Å². The van der Waals surface area contributed by atoms with Crippen LogP contribution >= 0.6 is 0 Å². The molecule has 1 unspecified atom stereocenters. The number of rotatable bonds is 1. The van der Waals surface area contributed by atoms with Crippen molar-refractivity contribution in [1.29, 1.82) is 0 Å². The minimum Gasteiger partial charge on any atom is -0.478 e. The first-order chi connectivity index (χ1) is 6.59. The van der Waals surface area contributed by atoms with Crippen molar-refractivity contribution in [2.45, 2.75) is 18.9 Å². The second-order valence-corrected chi connectivity index (χ2v) is 3.48. The molecule has 1 aromatic carbocycles. The van der Waals surface area contributed by atoms with E-state index in [-0.39, 0.29) is 11.6 Å². The van der Waals surface area contributed by atoms with E-state index < -0.39 is 11.8 Å². The van der Waals surface area contributed by atoms with Gasteiger partial charge in [-0.1, -0.05) is 0 Å². The van der Waals surface area contributed by atoms with Crippen molar-refractivity contribution < 1.29 is 14.3 Å². The lowest BCUT2D eigenvalue weighted by molar-refractivity contribution is 0.0692. The summed E-state index contributed by atoms with van der Waals surface area (Å²) >= 11 is 0. The summed E-state index contributed by atoms with van der Waals surface area (Å²) in [5.41, 5.74) is 7.06. The SMILES string of the molecule is NC1CCc2cc(F)c(C(=O)O)cc21. The van der Waals surface area contributed by atoms with E-state index in [0.29, 0.717) is 0 Å². The van der Waals surface area contributed by atoms with E-state index in [2.05, 4.69) is 0 Å². The normalized spacial score (nSPS) is 19.4. The molecule has 0 saturated carbocycles. The monoisotopic (exact) mass is 195 g/mol. The number of carboxylic acids is 1. The molecule has 74 valence electrons. The van der Waals surface area contributed by atoms with Crippen molar-refractivity contribution in [2.24, 2.45) is 5.73 Å². The van der Waals surface area contributed by atoms with Crippen molar-refractivity contribution >= 4 is 5.97 Å². The summed E-state index contributed by atoms with van der Waals surface area (Å²) in [7, 11) is 0. The molecule has 0 aromatic heterocycles. The van der Waals surface area contributed by atoms with E-state index in [1.54, 1.807) is 0 Å². The average Bonchev–Trinajstić information content (AvgIpc) is 2.46. The third-order valence-corrected chi connectivity index (χ3v) is 2.58. The largest absolute Gasteiger partial charge is 0.478 e. The molecule has 3 N–H and O–H groups in total. The zero-order valence-electron chi connectivity index (χ0n) is 7.46. The van der Waals surface area contributed by atoms with Crippen molar-refractivity contribution in [3.05, 3.63) is 34.6 Å². The smallest absolute Gasteiger partial charge is 0.338 e. The summed E-state index contributed by atoms with van der Waals surface area (Å²) in [6.45, 7) is 0. The molecule has 1 atom stereocenters. The number of carbonyl (C=O) groups is 1. The van der Waals surface area contributed by atoms with Gasteiger partial charge in [-0.05, 0) is 36.1 Å². The third kappa shape index (κ3) is 1.28. The Kier molecular flexibility index (Phi) is 2.00. The summed E-state index contributed by atoms with van der Waals surface area (Å²) in [6, 6.07) is 2.49. The standard InChI is InChI=1S/C10H10FNO2/c11-8-3-5-1-2-9(12)6(5)4-7(8)10(13)14/h3-4,9H,1-2,12H2,(H,13,14). The molecule has 1 aromatic rings. The second kappa shape index (κ2) is 3.06. The highest BCUT2D eigenvalue weighted by atomic mass is 19.1. The highest BCUT2D eigenvalue weighted by Gasteiger charge is 2.23. The number of aromatic carboxylic acids is 1. The molecule has 3 nitrogen and oxygen atoms in total. The molecule has 0 fully saturated rings. The zero-order chi connectivity index (χ0) is 10.3. The van der Waals surface area contributed by atoms with Gasteiger partial charge in [-0.2, -0.15) is 0 Å². The van der Waals surface area contributed by atoms with Gasteiger partial charge in [0.25, 0.3) is 0 Å². The van der Waals surface area contributed by atoms with E-state index in [1.807, 2.05) is 0 Å². The molecule has 0 bridgehead atoms. The Morgan fingerprint density at radius 1 is 1.57 bits per heavy atom. The number of carboxylic acid groups (broad SMARTS) is 1. The Labute approximate surface area is 80.3 Å². The Hall–Kier alpha value is -1.42. The first kappa shape index (κ1) is 9.15. The number of nitrogens with two attached hydrogens (primary N) is 1. The molecular formula is C10H10FNO2. The fourth-order valence-electron chi connectivity index (χ4n) is 1.82. The summed E-state index contributed by atoms with van der Waals surface area (Å²) < 4.78 is 13.2. The summed E-state index contributed by atoms with van der Waals surface area (Å²) in [5.74, 6) is -1.92. The van der Waals surface area contributed by atoms with Crippen LogP contribution in [0.15, 0.2) is 12.1 Å². The molecule has 4 heteroatoms. The maximum absolute atomic E-state index is 13.2. The van der Waals surface area contributed by atoms with Crippen LogP contribution in [0, 0.1) is 5.82 Å². The van der Waals surface area contributed by atoms with Crippen LogP contribution < -0.4 is 5.73 Å². The molecule has 0 spiro atoms. The minimum absolute atomic E-state index is 0.149. The first-order valence-electron chi connectivity index (χ1n) is 4.41. The van der Waals surface area contributed by atoms with Gasteiger partial charge < -0.3 is 10.8 Å². The fraction of sp³-hybridized carbons (Fsp3) is 0.300. The fourth-order valence-corrected chi connectivity index (χ4v) is 1.82. The lowest BCUT2D eigenvalue weighted by atomic mass is 10.0. The maximum Gasteiger partial charge on any atom is 0.338 e. The molecule has 2 rings (SSSR count). The molecule has 0 heterocycles. The third-order valence-electron chi connectivity index (χ3n) is 2.58. The van der Waals surface area contributed by atoms with Gasteiger partial charge in [0.15, 0.2) is 0 Å². The molecular weight excluding hydrogens is 185 g/mol. The number of hydrogen-bond donors (Lipinski definition) is 2. The second-order valence-electron chi connectivity index (χ2n) is 3.48. The average molecular weight is 195 g/mol. The Morgan fingerprint density at radius 2 is 2.29 bits per heavy atom. The number of aryl methyl sites for hydroxylation is 1. The Bertz CT molecular complexity index is 403. The van der Waals surface area contributed by atoms with Crippen LogP contribution in [0.1, 0.15) is 33.9 Å². The van der Waals surface area contributed by atoms with E-state index in [0.717, 1.165) is 24.0 Å². The van der Waals surface area contributed by atoms with Gasteiger partial charge >= 0.3 is 5.97 Å². The van der Waals surface area contributed by atoms with E-state index >= 15 is 0 Å². The lowest BCUT2D eigenvalue weighted by Gasteiger charge is -2.06. The maximum atomic E-state index is 13.2. The molecule has 1 aliphatic carbocycles. The number of halogens is 1. The molecule has 0 amide bonds. The first-order valence-corrected chi connectivity index (χ1v) is 4.41. The van der Waals surface area contributed by atoms with Crippen molar-refractivity contribution in [1.82, 2.24) is 0 Å². The molecule has 0 radical (unpaired) electrons. The van der Waals surface area contributed by atoms with E-state index in [4.69, 9.17) is 10.8 Å². The predicted octanol–water partition coefficient (Wildman–Crippen LogP) is 1.47. The van der Waals surface area contributed by atoms with Crippen LogP contribution in [0.25, 0.3) is 0 Å². The summed E-state index contributed by atoms with van der Waals surface area (Å²) in [4.78, 5) is 10.6. The van der Waals surface area contributed by atoms with Crippen molar-refractivity contribution in [3.63, 3.8) is 0 Å². The topological polar surface area (TPSA) is 63.3 Å². The van der Waals surface area contributed by atoms with Gasteiger partial charge in [0.05, 0.1) is 5.56 Å². The highest BCUT2D eigenvalue weighted by Crippen LogP contribution is 2.31. The van der Waals surface area contributed by atoms with Gasteiger partial charge in [0, 0.05) is 6.04 Å². The van der Waals surface area contributed by atoms with Crippen LogP contribution in [0.3, 0.4) is 0 Å². The van der Waals surface area contributed by atoms with Crippen LogP contribution in [0.2, 0.25) is 0 Å². The quantitative estimate of drug-likeness (QED) is 0.713. The molecule has 14 heavy (non-hydrogen) atoms. The minimum atomic E-state index is -1.25. The molecule has 0 saturated heterocycles. The summed E-state index contributed by atoms with van der Waals surface area (Å²) in [6.07, 6.45) is 1.49. The van der Waals surface area contributed by atoms with Crippen LogP contribution in [-0.4, -0.2) is 11.1 Å². The molecule has 1 aliphatic rings. The van der Waals surface area contributed by atoms with Gasteiger partial charge in [-0.15, -0.1) is 0 Å². The van der Waals surface area contributed by atoms with Gasteiger partial charge in [0.2, 0.25) is 0 Å². The van der Waals surface area contributed by atoms with Crippen LogP contribution in [-0.2, 0) is 6.42 Å². The highest BCUT2D eigenvalue weighted by molar-refractivity contribution is 5.88. The summed E-state index contributed by atoms with van der Waals surface area (Å²) in [5, 5.41) is 8.70. The number of hydrogen-bond acceptors (Lipinski definition) is 2. The van der Waals surface area contributed by atoms with E-state index in [1.165, 1.54) is 12.1 Å². The number of benzene rings is 1. The van der Waals surface area contributed by atoms with E-state index in [9.17, 15) is 9.18 Å². The molecule has 0 aliphatic heterocycles.